The van der Waals surface area contributed by atoms with Gasteiger partial charge in [0.05, 0.1) is 16.7 Å². The molecule has 0 radical (unpaired) electrons. The summed E-state index contributed by atoms with van der Waals surface area (Å²) in [5.41, 5.74) is 8.00. The molecule has 6 rings (SSSR count). The van der Waals surface area contributed by atoms with Crippen LogP contribution >= 0.6 is 0 Å². The van der Waals surface area contributed by atoms with Gasteiger partial charge in [-0.2, -0.15) is 0 Å². The largest absolute Gasteiger partial charge is 0.480 e. The lowest BCUT2D eigenvalue weighted by atomic mass is 9.98. The first-order chi connectivity index (χ1) is 23.2. The Morgan fingerprint density at radius 3 is 2.17 bits per heavy atom. The molecule has 0 saturated carbocycles. The summed E-state index contributed by atoms with van der Waals surface area (Å²) in [6.07, 6.45) is -1.05. The maximum Gasteiger partial charge on any atom is 0.407 e. The summed E-state index contributed by atoms with van der Waals surface area (Å²) in [4.78, 5) is 60.5. The number of nitrogens with zero attached hydrogens (tertiary/aromatic N) is 3. The van der Waals surface area contributed by atoms with Crippen molar-refractivity contribution in [1.29, 1.82) is 0 Å². The number of rotatable bonds is 11. The van der Waals surface area contributed by atoms with Gasteiger partial charge in [0.2, 0.25) is 11.8 Å². The Labute approximate surface area is 277 Å². The average Bonchev–Trinajstić information content (AvgIpc) is 3.39. The van der Waals surface area contributed by atoms with Gasteiger partial charge in [0.15, 0.2) is 0 Å². The van der Waals surface area contributed by atoms with Crippen LogP contribution in [0.1, 0.15) is 41.3 Å². The predicted molar refractivity (Wildman–Crippen MR) is 182 cm³/mol. The van der Waals surface area contributed by atoms with Crippen molar-refractivity contribution < 1.29 is 29.0 Å². The third-order valence-corrected chi connectivity index (χ3v) is 8.43. The van der Waals surface area contributed by atoms with Crippen molar-refractivity contribution in [3.05, 3.63) is 101 Å². The zero-order chi connectivity index (χ0) is 33.8. The fourth-order valence-electron chi connectivity index (χ4n) is 6.15. The lowest BCUT2D eigenvalue weighted by molar-refractivity contribution is -0.144. The van der Waals surface area contributed by atoms with E-state index in [0.29, 0.717) is 11.2 Å². The third-order valence-electron chi connectivity index (χ3n) is 8.43. The number of aromatic nitrogens is 2. The number of nitrogens with one attached hydrogen (secondary N) is 2. The van der Waals surface area contributed by atoms with E-state index in [1.807, 2.05) is 92.7 Å². The van der Waals surface area contributed by atoms with Crippen LogP contribution in [0.15, 0.2) is 78.9 Å². The van der Waals surface area contributed by atoms with Gasteiger partial charge in [-0.15, -0.1) is 0 Å². The zero-order valence-electron chi connectivity index (χ0n) is 26.7. The molecule has 48 heavy (non-hydrogen) atoms. The number of benzene rings is 3. The number of anilines is 1. The molecule has 11 nitrogen and oxygen atoms in total. The number of ether oxygens (including phenoxy) is 1. The summed E-state index contributed by atoms with van der Waals surface area (Å²) in [7, 11) is 0. The standard InChI is InChI=1S/C37H35N5O6/c1-22-11-13-24-19-31(29-14-12-23(2)40-36(29)35(24)39-22)41-32(43)15-16-33(44)42(20-34(45)46)18-17-38-37(47)48-21-30-27-9-5-3-7-25(27)26-8-4-6-10-28(26)30/h3-14,19,30H,15-18,20-21H2,1-2H3,(H,38,47)(H,41,43)(H,45,46). The van der Waals surface area contributed by atoms with Gasteiger partial charge in [0.25, 0.3) is 0 Å². The molecule has 0 saturated heterocycles. The molecular formula is C37H35N5O6. The van der Waals surface area contributed by atoms with E-state index in [2.05, 4.69) is 20.6 Å². The molecule has 2 aromatic heterocycles. The van der Waals surface area contributed by atoms with E-state index in [1.54, 1.807) is 0 Å². The van der Waals surface area contributed by atoms with Crippen LogP contribution in [0.5, 0.6) is 0 Å². The molecule has 0 atom stereocenters. The van der Waals surface area contributed by atoms with Crippen molar-refractivity contribution >= 4 is 51.4 Å². The summed E-state index contributed by atoms with van der Waals surface area (Å²) in [6, 6.07) is 25.4. The number of carbonyl (C=O) groups is 4. The van der Waals surface area contributed by atoms with Crippen molar-refractivity contribution in [3.63, 3.8) is 0 Å². The quantitative estimate of drug-likeness (QED) is 0.158. The number of hydrogen-bond donors (Lipinski definition) is 3. The second kappa shape index (κ2) is 13.9. The van der Waals surface area contributed by atoms with Crippen molar-refractivity contribution in [2.75, 3.05) is 31.6 Å². The average molecular weight is 646 g/mol. The van der Waals surface area contributed by atoms with E-state index in [4.69, 9.17) is 4.74 Å². The second-order valence-electron chi connectivity index (χ2n) is 11.8. The Balaban J connectivity index is 1.03. The fraction of sp³-hybridized carbons (Fsp3) is 0.243. The number of carbonyl (C=O) groups excluding carboxylic acids is 3. The van der Waals surface area contributed by atoms with Gasteiger partial charge in [0.1, 0.15) is 13.2 Å². The molecular weight excluding hydrogens is 610 g/mol. The van der Waals surface area contributed by atoms with Crippen molar-refractivity contribution in [2.24, 2.45) is 0 Å². The van der Waals surface area contributed by atoms with Crippen LogP contribution in [-0.4, -0.2) is 70.1 Å². The highest BCUT2D eigenvalue weighted by Gasteiger charge is 2.29. The first kappa shape index (κ1) is 32.1. The molecule has 1 aliphatic carbocycles. The smallest absolute Gasteiger partial charge is 0.407 e. The van der Waals surface area contributed by atoms with E-state index in [9.17, 15) is 24.3 Å². The van der Waals surface area contributed by atoms with Gasteiger partial charge in [-0.25, -0.2) is 4.79 Å². The summed E-state index contributed by atoms with van der Waals surface area (Å²) < 4.78 is 5.54. The highest BCUT2D eigenvalue weighted by atomic mass is 16.5. The lowest BCUT2D eigenvalue weighted by Crippen LogP contribution is -2.41. The van der Waals surface area contributed by atoms with Crippen LogP contribution in [0.2, 0.25) is 0 Å². The minimum atomic E-state index is -1.21. The molecule has 1 aliphatic rings. The first-order valence-electron chi connectivity index (χ1n) is 15.7. The number of hydrogen-bond acceptors (Lipinski definition) is 7. The zero-order valence-corrected chi connectivity index (χ0v) is 26.7. The van der Waals surface area contributed by atoms with Crippen LogP contribution in [0.25, 0.3) is 32.9 Å². The molecule has 0 fully saturated rings. The number of carboxylic acids is 1. The minimum absolute atomic E-state index is 0.0229. The highest BCUT2D eigenvalue weighted by molar-refractivity contribution is 6.12. The maximum atomic E-state index is 13.0. The molecule has 11 heteroatoms. The Morgan fingerprint density at radius 1 is 0.833 bits per heavy atom. The molecule has 0 spiro atoms. The van der Waals surface area contributed by atoms with Crippen molar-refractivity contribution in [3.8, 4) is 11.1 Å². The Bertz CT molecular complexity index is 2020. The topological polar surface area (TPSA) is 151 Å². The number of aryl methyl sites for hydroxylation is 2. The fourth-order valence-corrected chi connectivity index (χ4v) is 6.15. The molecule has 3 N–H and O–H groups in total. The first-order valence-corrected chi connectivity index (χ1v) is 15.7. The van der Waals surface area contributed by atoms with Gasteiger partial charge >= 0.3 is 12.1 Å². The van der Waals surface area contributed by atoms with E-state index in [-0.39, 0.29) is 38.5 Å². The number of amides is 3. The molecule has 0 aliphatic heterocycles. The molecule has 5 aromatic rings. The summed E-state index contributed by atoms with van der Waals surface area (Å²) in [5, 5.41) is 16.4. The monoisotopic (exact) mass is 645 g/mol. The van der Waals surface area contributed by atoms with Crippen LogP contribution in [0.3, 0.4) is 0 Å². The molecule has 3 amide bonds. The number of alkyl carbamates (subject to hydrolysis) is 1. The minimum Gasteiger partial charge on any atom is -0.480 e. The molecule has 0 bridgehead atoms. The van der Waals surface area contributed by atoms with Crippen LogP contribution in [0, 0.1) is 13.8 Å². The summed E-state index contributed by atoms with van der Waals surface area (Å²) in [6.45, 7) is 3.26. The Kier molecular flexibility index (Phi) is 9.29. The highest BCUT2D eigenvalue weighted by Crippen LogP contribution is 2.44. The normalized spacial score (nSPS) is 12.0. The molecule has 3 aromatic carbocycles. The van der Waals surface area contributed by atoms with Crippen molar-refractivity contribution in [2.45, 2.75) is 32.6 Å². The third kappa shape index (κ3) is 6.95. The van der Waals surface area contributed by atoms with Crippen LogP contribution in [-0.2, 0) is 19.1 Å². The number of aliphatic carboxylic acids is 1. The number of carboxylic acid groups (broad SMARTS) is 1. The summed E-state index contributed by atoms with van der Waals surface area (Å²) in [5.74, 6) is -2.24. The molecule has 2 heterocycles. The van der Waals surface area contributed by atoms with E-state index in [1.165, 1.54) is 0 Å². The van der Waals surface area contributed by atoms with E-state index < -0.39 is 30.4 Å². The van der Waals surface area contributed by atoms with Gasteiger partial charge < -0.3 is 25.4 Å². The van der Waals surface area contributed by atoms with Gasteiger partial charge in [-0.3, -0.25) is 24.4 Å². The lowest BCUT2D eigenvalue weighted by Gasteiger charge is -2.21. The van der Waals surface area contributed by atoms with Crippen LogP contribution in [0.4, 0.5) is 10.5 Å². The van der Waals surface area contributed by atoms with Gasteiger partial charge in [-0.05, 0) is 60.4 Å². The molecule has 0 unspecified atom stereocenters. The SMILES string of the molecule is Cc1ccc2cc(NC(=O)CCC(=O)N(CCNC(=O)OCC3c4ccccc4-c4ccccc43)CC(=O)O)c3ccc(C)nc3c2n1. The number of pyridine rings is 2. The molecule has 244 valence electrons. The van der Waals surface area contributed by atoms with Crippen molar-refractivity contribution in [1.82, 2.24) is 20.2 Å². The Hall–Kier alpha value is -5.84. The van der Waals surface area contributed by atoms with Gasteiger partial charge in [0, 0.05) is 54.0 Å². The van der Waals surface area contributed by atoms with E-state index >= 15 is 0 Å². The maximum absolute atomic E-state index is 13.0. The number of fused-ring (bicyclic) bond motifs is 6. The predicted octanol–water partition coefficient (Wildman–Crippen LogP) is 5.57. The van der Waals surface area contributed by atoms with Gasteiger partial charge in [-0.1, -0.05) is 54.6 Å². The van der Waals surface area contributed by atoms with Crippen LogP contribution < -0.4 is 10.6 Å². The van der Waals surface area contributed by atoms with E-state index in [0.717, 1.165) is 54.8 Å². The summed E-state index contributed by atoms with van der Waals surface area (Å²) >= 11 is 0. The Morgan fingerprint density at radius 2 is 1.48 bits per heavy atom. The second-order valence-corrected chi connectivity index (χ2v) is 11.8.